The van der Waals surface area contributed by atoms with E-state index in [1.807, 2.05) is 0 Å². The number of carbonyl (C=O) groups is 3. The number of urea groups is 1. The number of thiazole rings is 1. The van der Waals surface area contributed by atoms with E-state index in [1.54, 1.807) is 11.6 Å². The second kappa shape index (κ2) is 5.84. The van der Waals surface area contributed by atoms with Crippen LogP contribution in [-0.2, 0) is 9.59 Å². The Morgan fingerprint density at radius 1 is 1.46 bits per heavy atom. The largest absolute Gasteiger partial charge is 0.325 e. The molecule has 3 rings (SSSR count). The zero-order valence-electron chi connectivity index (χ0n) is 14.1. The lowest BCUT2D eigenvalue weighted by atomic mass is 9.64. The lowest BCUT2D eigenvalue weighted by Crippen LogP contribution is -2.54. The normalized spacial score (nSPS) is 29.0. The molecule has 1 aliphatic heterocycles. The summed E-state index contributed by atoms with van der Waals surface area (Å²) in [6.07, 6.45) is 3.81. The molecule has 1 aliphatic carbocycles. The second-order valence-electron chi connectivity index (χ2n) is 7.64. The van der Waals surface area contributed by atoms with Crippen molar-refractivity contribution in [3.05, 3.63) is 11.6 Å². The molecule has 2 N–H and O–H groups in total. The SMILES string of the molecule is C[C@H]1CC(C)(C)C[C@@]2(C1)NC(=O)N(CC(=O)Nc1nccs1)C2=O. The average Bonchev–Trinajstić information content (AvgIpc) is 3.00. The van der Waals surface area contributed by atoms with Gasteiger partial charge >= 0.3 is 6.03 Å². The number of hydrogen-bond donors (Lipinski definition) is 2. The van der Waals surface area contributed by atoms with E-state index < -0.39 is 17.5 Å². The molecular formula is C16H22N4O3S. The van der Waals surface area contributed by atoms with Gasteiger partial charge in [0.15, 0.2) is 5.13 Å². The van der Waals surface area contributed by atoms with Crippen LogP contribution in [-0.4, -0.2) is 39.8 Å². The molecule has 1 aromatic rings. The van der Waals surface area contributed by atoms with Crippen molar-refractivity contribution >= 4 is 34.3 Å². The predicted molar refractivity (Wildman–Crippen MR) is 90.5 cm³/mol. The van der Waals surface area contributed by atoms with Crippen molar-refractivity contribution in [3.8, 4) is 0 Å². The Kier molecular flexibility index (Phi) is 4.11. The first-order valence-electron chi connectivity index (χ1n) is 8.04. The van der Waals surface area contributed by atoms with Crippen LogP contribution in [0.2, 0.25) is 0 Å². The molecule has 2 heterocycles. The Labute approximate surface area is 144 Å². The van der Waals surface area contributed by atoms with Crippen LogP contribution in [0, 0.1) is 11.3 Å². The minimum absolute atomic E-state index is 0.0280. The molecule has 1 spiro atoms. The molecule has 24 heavy (non-hydrogen) atoms. The number of rotatable bonds is 3. The van der Waals surface area contributed by atoms with Gasteiger partial charge in [-0.3, -0.25) is 14.5 Å². The van der Waals surface area contributed by atoms with E-state index in [0.29, 0.717) is 23.9 Å². The predicted octanol–water partition coefficient (Wildman–Crippen LogP) is 2.22. The first-order chi connectivity index (χ1) is 11.2. The number of aromatic nitrogens is 1. The van der Waals surface area contributed by atoms with E-state index in [4.69, 9.17) is 0 Å². The lowest BCUT2D eigenvalue weighted by Gasteiger charge is -2.43. The Morgan fingerprint density at radius 3 is 2.83 bits per heavy atom. The summed E-state index contributed by atoms with van der Waals surface area (Å²) < 4.78 is 0. The summed E-state index contributed by atoms with van der Waals surface area (Å²) in [5.74, 6) is -0.378. The molecule has 130 valence electrons. The molecule has 0 unspecified atom stereocenters. The number of imide groups is 1. The zero-order chi connectivity index (χ0) is 17.5. The second-order valence-corrected chi connectivity index (χ2v) is 8.54. The van der Waals surface area contributed by atoms with Gasteiger partial charge in [-0.2, -0.15) is 0 Å². The van der Waals surface area contributed by atoms with E-state index in [0.717, 1.165) is 11.3 Å². The molecule has 2 aliphatic rings. The highest BCUT2D eigenvalue weighted by molar-refractivity contribution is 7.13. The van der Waals surface area contributed by atoms with Crippen molar-refractivity contribution in [1.29, 1.82) is 0 Å². The van der Waals surface area contributed by atoms with Gasteiger partial charge in [-0.1, -0.05) is 20.8 Å². The fourth-order valence-corrected chi connectivity index (χ4v) is 4.78. The van der Waals surface area contributed by atoms with Gasteiger partial charge < -0.3 is 10.6 Å². The van der Waals surface area contributed by atoms with Gasteiger partial charge in [0.2, 0.25) is 5.91 Å². The Morgan fingerprint density at radius 2 is 2.21 bits per heavy atom. The molecule has 1 aromatic heterocycles. The number of nitrogens with one attached hydrogen (secondary N) is 2. The molecule has 0 aromatic carbocycles. The van der Waals surface area contributed by atoms with Gasteiger partial charge in [0.1, 0.15) is 12.1 Å². The topological polar surface area (TPSA) is 91.4 Å². The molecule has 2 fully saturated rings. The van der Waals surface area contributed by atoms with Gasteiger partial charge in [0.05, 0.1) is 0 Å². The summed E-state index contributed by atoms with van der Waals surface area (Å²) in [7, 11) is 0. The van der Waals surface area contributed by atoms with Gasteiger partial charge in [0, 0.05) is 11.6 Å². The van der Waals surface area contributed by atoms with Crippen LogP contribution in [0.3, 0.4) is 0 Å². The van der Waals surface area contributed by atoms with Crippen molar-refractivity contribution in [3.63, 3.8) is 0 Å². The Hall–Kier alpha value is -1.96. The van der Waals surface area contributed by atoms with Crippen LogP contribution >= 0.6 is 11.3 Å². The first kappa shape index (κ1) is 16.9. The zero-order valence-corrected chi connectivity index (χ0v) is 14.9. The standard InChI is InChI=1S/C16H22N4O3S/c1-10-6-15(2,3)9-16(7-10)12(22)20(14(23)19-16)8-11(21)18-13-17-4-5-24-13/h4-5,10H,6-9H2,1-3H3,(H,19,23)(H,17,18,21)/t10-,16+/m0/s1. The van der Waals surface area contributed by atoms with Crippen LogP contribution in [0.1, 0.15) is 40.0 Å². The number of anilines is 1. The third-order valence-electron chi connectivity index (χ3n) is 4.60. The van der Waals surface area contributed by atoms with E-state index >= 15 is 0 Å². The molecule has 1 saturated carbocycles. The Balaban J connectivity index is 1.73. The Bertz CT molecular complexity index is 673. The van der Waals surface area contributed by atoms with Crippen molar-refractivity contribution < 1.29 is 14.4 Å². The average molecular weight is 350 g/mol. The maximum absolute atomic E-state index is 12.9. The molecule has 0 radical (unpaired) electrons. The fourth-order valence-electron chi connectivity index (χ4n) is 4.24. The first-order valence-corrected chi connectivity index (χ1v) is 8.92. The molecule has 8 heteroatoms. The highest BCUT2D eigenvalue weighted by atomic mass is 32.1. The van der Waals surface area contributed by atoms with Crippen LogP contribution in [0.5, 0.6) is 0 Å². The monoisotopic (exact) mass is 350 g/mol. The van der Waals surface area contributed by atoms with Crippen LogP contribution < -0.4 is 10.6 Å². The van der Waals surface area contributed by atoms with E-state index in [-0.39, 0.29) is 17.9 Å². The molecular weight excluding hydrogens is 328 g/mol. The van der Waals surface area contributed by atoms with E-state index in [9.17, 15) is 14.4 Å². The van der Waals surface area contributed by atoms with Gasteiger partial charge in [-0.25, -0.2) is 9.78 Å². The van der Waals surface area contributed by atoms with Gasteiger partial charge in [-0.15, -0.1) is 11.3 Å². The number of hydrogen-bond acceptors (Lipinski definition) is 5. The van der Waals surface area contributed by atoms with Crippen molar-refractivity contribution in [2.75, 3.05) is 11.9 Å². The summed E-state index contributed by atoms with van der Waals surface area (Å²) in [6.45, 7) is 6.03. The maximum Gasteiger partial charge on any atom is 0.325 e. The molecule has 0 bridgehead atoms. The summed E-state index contributed by atoms with van der Waals surface area (Å²) in [5.41, 5.74) is -0.903. The summed E-state index contributed by atoms with van der Waals surface area (Å²) in [5, 5.41) is 7.66. The van der Waals surface area contributed by atoms with E-state index in [1.165, 1.54) is 11.3 Å². The van der Waals surface area contributed by atoms with Gasteiger partial charge in [-0.05, 0) is 30.6 Å². The lowest BCUT2D eigenvalue weighted by molar-refractivity contribution is -0.136. The minimum atomic E-state index is -0.875. The third kappa shape index (κ3) is 3.15. The van der Waals surface area contributed by atoms with E-state index in [2.05, 4.69) is 36.4 Å². The fraction of sp³-hybridized carbons (Fsp3) is 0.625. The molecule has 2 atom stereocenters. The maximum atomic E-state index is 12.9. The number of nitrogens with zero attached hydrogens (tertiary/aromatic N) is 2. The van der Waals surface area contributed by atoms with Crippen LogP contribution in [0.4, 0.5) is 9.93 Å². The van der Waals surface area contributed by atoms with Crippen molar-refractivity contribution in [2.45, 2.75) is 45.6 Å². The third-order valence-corrected chi connectivity index (χ3v) is 5.29. The molecule has 1 saturated heterocycles. The number of amides is 4. The van der Waals surface area contributed by atoms with Crippen molar-refractivity contribution in [1.82, 2.24) is 15.2 Å². The van der Waals surface area contributed by atoms with Crippen molar-refractivity contribution in [2.24, 2.45) is 11.3 Å². The molecule has 4 amide bonds. The highest BCUT2D eigenvalue weighted by Crippen LogP contribution is 2.46. The quantitative estimate of drug-likeness (QED) is 0.818. The van der Waals surface area contributed by atoms with Crippen LogP contribution in [0.15, 0.2) is 11.6 Å². The summed E-state index contributed by atoms with van der Waals surface area (Å²) in [6, 6.07) is -0.487. The summed E-state index contributed by atoms with van der Waals surface area (Å²) in [4.78, 5) is 42.3. The van der Waals surface area contributed by atoms with Gasteiger partial charge in [0.25, 0.3) is 5.91 Å². The summed E-state index contributed by atoms with van der Waals surface area (Å²) >= 11 is 1.29. The smallest absolute Gasteiger partial charge is 0.323 e. The highest BCUT2D eigenvalue weighted by Gasteiger charge is 2.56. The minimum Gasteiger partial charge on any atom is -0.323 e. The van der Waals surface area contributed by atoms with Crippen LogP contribution in [0.25, 0.3) is 0 Å². The number of carbonyl (C=O) groups excluding carboxylic acids is 3. The molecule has 7 nitrogen and oxygen atoms in total.